The predicted octanol–water partition coefficient (Wildman–Crippen LogP) is 2.29. The molecule has 4 rings (SSSR count). The number of aromatic amines is 1. The maximum atomic E-state index is 12.5. The van der Waals surface area contributed by atoms with Crippen LogP contribution in [0.3, 0.4) is 0 Å². The van der Waals surface area contributed by atoms with Gasteiger partial charge in [0.1, 0.15) is 17.8 Å². The summed E-state index contributed by atoms with van der Waals surface area (Å²) in [6.07, 6.45) is 7.39. The van der Waals surface area contributed by atoms with Crippen LogP contribution in [0.1, 0.15) is 25.7 Å². The van der Waals surface area contributed by atoms with Crippen molar-refractivity contribution in [2.24, 2.45) is 5.92 Å². The third kappa shape index (κ3) is 3.57. The monoisotopic (exact) mass is 395 g/mol. The van der Waals surface area contributed by atoms with Gasteiger partial charge in [0, 0.05) is 31.6 Å². The van der Waals surface area contributed by atoms with Crippen LogP contribution in [-0.2, 0) is 10.0 Å². The number of anilines is 1. The number of rotatable bonds is 5. The van der Waals surface area contributed by atoms with Crippen LogP contribution in [0.2, 0.25) is 0 Å². The first kappa shape index (κ1) is 18.1. The molecular formula is C17H25N5O2S2. The number of hydrogen-bond acceptors (Lipinski definition) is 6. The summed E-state index contributed by atoms with van der Waals surface area (Å²) in [6.45, 7) is 0.672. The molecule has 1 N–H and O–H groups in total. The highest BCUT2D eigenvalue weighted by molar-refractivity contribution is 8.00. The SMILES string of the molecule is CN(c1ncnc2[nH]ccc12)C1CCC(CS(=O)(=O)N2CCSC2)CC1. The molecule has 9 heteroatoms. The molecule has 0 atom stereocenters. The highest BCUT2D eigenvalue weighted by Crippen LogP contribution is 2.32. The van der Waals surface area contributed by atoms with Crippen molar-refractivity contribution in [2.75, 3.05) is 35.9 Å². The number of thioether (sulfide) groups is 1. The zero-order valence-electron chi connectivity index (χ0n) is 15.0. The van der Waals surface area contributed by atoms with Crippen LogP contribution in [0.15, 0.2) is 18.6 Å². The van der Waals surface area contributed by atoms with Crippen LogP contribution < -0.4 is 4.90 Å². The number of sulfonamides is 1. The second-order valence-electron chi connectivity index (χ2n) is 7.21. The highest BCUT2D eigenvalue weighted by Gasteiger charge is 2.32. The first-order valence-corrected chi connectivity index (χ1v) is 11.9. The Morgan fingerprint density at radius 1 is 1.31 bits per heavy atom. The molecule has 0 unspecified atom stereocenters. The van der Waals surface area contributed by atoms with Crippen LogP contribution in [-0.4, -0.2) is 64.7 Å². The quantitative estimate of drug-likeness (QED) is 0.836. The van der Waals surface area contributed by atoms with Crippen molar-refractivity contribution in [1.82, 2.24) is 19.3 Å². The molecule has 1 aliphatic carbocycles. The Morgan fingerprint density at radius 2 is 2.12 bits per heavy atom. The second kappa shape index (κ2) is 7.36. The van der Waals surface area contributed by atoms with Crippen LogP contribution >= 0.6 is 11.8 Å². The lowest BCUT2D eigenvalue weighted by atomic mass is 9.86. The fourth-order valence-corrected chi connectivity index (χ4v) is 7.33. The van der Waals surface area contributed by atoms with Crippen molar-refractivity contribution in [3.05, 3.63) is 18.6 Å². The van der Waals surface area contributed by atoms with Gasteiger partial charge in [0.25, 0.3) is 0 Å². The van der Waals surface area contributed by atoms with Crippen LogP contribution in [0.4, 0.5) is 5.82 Å². The van der Waals surface area contributed by atoms with Gasteiger partial charge in [-0.05, 0) is 37.7 Å². The zero-order valence-corrected chi connectivity index (χ0v) is 16.6. The van der Waals surface area contributed by atoms with Gasteiger partial charge >= 0.3 is 0 Å². The fraction of sp³-hybridized carbons (Fsp3) is 0.647. The van der Waals surface area contributed by atoms with Crippen LogP contribution in [0.25, 0.3) is 11.0 Å². The summed E-state index contributed by atoms with van der Waals surface area (Å²) < 4.78 is 26.7. The fourth-order valence-electron chi connectivity index (χ4n) is 4.03. The molecule has 2 aliphatic rings. The number of nitrogens with one attached hydrogen (secondary N) is 1. The van der Waals surface area contributed by atoms with Crippen molar-refractivity contribution < 1.29 is 8.42 Å². The van der Waals surface area contributed by atoms with Crippen molar-refractivity contribution in [1.29, 1.82) is 0 Å². The molecule has 3 heterocycles. The van der Waals surface area contributed by atoms with E-state index in [0.29, 0.717) is 24.2 Å². The molecule has 26 heavy (non-hydrogen) atoms. The Balaban J connectivity index is 1.38. The van der Waals surface area contributed by atoms with Gasteiger partial charge in [-0.1, -0.05) is 0 Å². The molecule has 0 bridgehead atoms. The molecule has 0 aromatic carbocycles. The molecular weight excluding hydrogens is 370 g/mol. The summed E-state index contributed by atoms with van der Waals surface area (Å²) in [5, 5.41) is 1.03. The van der Waals surface area contributed by atoms with Gasteiger partial charge in [-0.25, -0.2) is 18.4 Å². The van der Waals surface area contributed by atoms with Crippen molar-refractivity contribution in [3.8, 4) is 0 Å². The van der Waals surface area contributed by atoms with Gasteiger partial charge in [0.05, 0.1) is 17.0 Å². The van der Waals surface area contributed by atoms with Gasteiger partial charge in [-0.15, -0.1) is 11.8 Å². The molecule has 7 nitrogen and oxygen atoms in total. The van der Waals surface area contributed by atoms with E-state index in [0.717, 1.165) is 48.3 Å². The first-order valence-electron chi connectivity index (χ1n) is 9.11. The lowest BCUT2D eigenvalue weighted by Gasteiger charge is -2.35. The number of H-pyrrole nitrogens is 1. The molecule has 0 spiro atoms. The van der Waals surface area contributed by atoms with Gasteiger partial charge in [-0.2, -0.15) is 4.31 Å². The Labute approximate surface area is 158 Å². The van der Waals surface area contributed by atoms with Crippen molar-refractivity contribution >= 4 is 38.6 Å². The highest BCUT2D eigenvalue weighted by atomic mass is 32.2. The summed E-state index contributed by atoms with van der Waals surface area (Å²) in [6, 6.07) is 2.40. The number of hydrogen-bond donors (Lipinski definition) is 1. The molecule has 2 aromatic rings. The number of aromatic nitrogens is 3. The largest absolute Gasteiger partial charge is 0.356 e. The lowest BCUT2D eigenvalue weighted by molar-refractivity contribution is 0.336. The van der Waals surface area contributed by atoms with E-state index in [4.69, 9.17) is 0 Å². The van der Waals surface area contributed by atoms with Gasteiger partial charge in [0.2, 0.25) is 10.0 Å². The van der Waals surface area contributed by atoms with E-state index in [1.807, 2.05) is 12.3 Å². The van der Waals surface area contributed by atoms with E-state index in [1.54, 1.807) is 22.4 Å². The number of fused-ring (bicyclic) bond motifs is 1. The molecule has 0 amide bonds. The molecule has 0 radical (unpaired) electrons. The summed E-state index contributed by atoms with van der Waals surface area (Å²) in [7, 11) is -1.02. The summed E-state index contributed by atoms with van der Waals surface area (Å²) in [5.74, 6) is 3.07. The van der Waals surface area contributed by atoms with Gasteiger partial charge in [0.15, 0.2) is 0 Å². The van der Waals surface area contributed by atoms with E-state index < -0.39 is 10.0 Å². The Bertz CT molecular complexity index is 855. The minimum atomic E-state index is -3.10. The van der Waals surface area contributed by atoms with Crippen molar-refractivity contribution in [2.45, 2.75) is 31.7 Å². The van der Waals surface area contributed by atoms with Crippen LogP contribution in [0.5, 0.6) is 0 Å². The predicted molar refractivity (Wildman–Crippen MR) is 106 cm³/mol. The first-order chi connectivity index (χ1) is 12.5. The normalized spacial score (nSPS) is 25.0. The average Bonchev–Trinajstić information content (AvgIpc) is 3.33. The smallest absolute Gasteiger partial charge is 0.215 e. The third-order valence-electron chi connectivity index (χ3n) is 5.59. The van der Waals surface area contributed by atoms with E-state index in [2.05, 4.69) is 26.9 Å². The molecule has 142 valence electrons. The molecule has 1 saturated heterocycles. The van der Waals surface area contributed by atoms with Crippen LogP contribution in [0, 0.1) is 5.92 Å². The second-order valence-corrected chi connectivity index (χ2v) is 10.3. The molecule has 1 aliphatic heterocycles. The lowest BCUT2D eigenvalue weighted by Crippen LogP contribution is -2.39. The van der Waals surface area contributed by atoms with E-state index in [9.17, 15) is 8.42 Å². The summed E-state index contributed by atoms with van der Waals surface area (Å²) in [4.78, 5) is 14.1. The van der Waals surface area contributed by atoms with E-state index in [-0.39, 0.29) is 5.92 Å². The maximum absolute atomic E-state index is 12.5. The topological polar surface area (TPSA) is 82.2 Å². The maximum Gasteiger partial charge on any atom is 0.215 e. The van der Waals surface area contributed by atoms with E-state index >= 15 is 0 Å². The van der Waals surface area contributed by atoms with Gasteiger partial charge in [-0.3, -0.25) is 0 Å². The standard InChI is InChI=1S/C17H25N5O2S2/c1-21(17-15-6-7-18-16(15)19-11-20-17)14-4-2-13(3-5-14)10-26(23,24)22-8-9-25-12-22/h6-7,11,13-14H,2-5,8-10,12H2,1H3,(H,18,19,20). The molecule has 2 aromatic heterocycles. The Kier molecular flexibility index (Phi) is 5.11. The summed E-state index contributed by atoms with van der Waals surface area (Å²) >= 11 is 1.70. The molecule has 1 saturated carbocycles. The average molecular weight is 396 g/mol. The van der Waals surface area contributed by atoms with Gasteiger partial charge < -0.3 is 9.88 Å². The van der Waals surface area contributed by atoms with E-state index in [1.165, 1.54) is 0 Å². The minimum Gasteiger partial charge on any atom is -0.356 e. The Hall–Kier alpha value is -1.32. The Morgan fingerprint density at radius 3 is 2.85 bits per heavy atom. The minimum absolute atomic E-state index is 0.271. The zero-order chi connectivity index (χ0) is 18.1. The number of nitrogens with zero attached hydrogens (tertiary/aromatic N) is 4. The summed E-state index contributed by atoms with van der Waals surface area (Å²) in [5.41, 5.74) is 0.852. The van der Waals surface area contributed by atoms with Crippen molar-refractivity contribution in [3.63, 3.8) is 0 Å². The molecule has 2 fully saturated rings. The third-order valence-corrected chi connectivity index (χ3v) is 8.71.